The smallest absolute Gasteiger partial charge is 0.243 e. The van der Waals surface area contributed by atoms with Crippen molar-refractivity contribution in [2.75, 3.05) is 25.5 Å². The summed E-state index contributed by atoms with van der Waals surface area (Å²) in [6, 6.07) is 14.3. The van der Waals surface area contributed by atoms with Crippen LogP contribution < -0.4 is 10.6 Å². The minimum atomic E-state index is -0.582. The van der Waals surface area contributed by atoms with Crippen LogP contribution in [0.25, 0.3) is 21.8 Å². The third-order valence-electron chi connectivity index (χ3n) is 5.58. The average molecular weight is 470 g/mol. The van der Waals surface area contributed by atoms with E-state index in [0.717, 1.165) is 37.3 Å². The van der Waals surface area contributed by atoms with Gasteiger partial charge in [0.25, 0.3) is 0 Å². The van der Waals surface area contributed by atoms with Gasteiger partial charge in [0.15, 0.2) is 0 Å². The molecule has 0 saturated heterocycles. The van der Waals surface area contributed by atoms with Gasteiger partial charge in [-0.05, 0) is 44.0 Å². The number of rotatable bonds is 13. The molecule has 0 aliphatic heterocycles. The normalized spacial score (nSPS) is 12.2. The van der Waals surface area contributed by atoms with Crippen molar-refractivity contribution in [2.45, 2.75) is 57.5 Å². The summed E-state index contributed by atoms with van der Waals surface area (Å²) in [6.07, 6.45) is 2.92. The highest BCUT2D eigenvalue weighted by atomic mass is 32.2. The minimum absolute atomic E-state index is 0.157. The number of amides is 2. The maximum absolute atomic E-state index is 12.7. The van der Waals surface area contributed by atoms with E-state index in [1.54, 1.807) is 11.8 Å². The molecule has 1 aromatic heterocycles. The fraction of sp³-hybridized carbons (Fsp3) is 0.462. The summed E-state index contributed by atoms with van der Waals surface area (Å²) < 4.78 is 7.85. The van der Waals surface area contributed by atoms with Gasteiger partial charge in [0.1, 0.15) is 6.04 Å². The van der Waals surface area contributed by atoms with Crippen LogP contribution >= 0.6 is 11.8 Å². The second kappa shape index (κ2) is 12.7. The van der Waals surface area contributed by atoms with Crippen LogP contribution in [0.2, 0.25) is 0 Å². The number of ether oxygens (including phenoxy) is 1. The first-order valence-electron chi connectivity index (χ1n) is 11.8. The van der Waals surface area contributed by atoms with Crippen LogP contribution in [-0.4, -0.2) is 47.9 Å². The maximum Gasteiger partial charge on any atom is 0.243 e. The lowest BCUT2D eigenvalue weighted by molar-refractivity contribution is -0.127. The summed E-state index contributed by atoms with van der Waals surface area (Å²) in [4.78, 5) is 25.4. The third-order valence-corrected chi connectivity index (χ3v) is 6.66. The molecule has 0 aliphatic rings. The summed E-state index contributed by atoms with van der Waals surface area (Å²) in [5.74, 6) is 0.103. The number of thioether (sulfide) groups is 1. The predicted molar refractivity (Wildman–Crippen MR) is 137 cm³/mol. The van der Waals surface area contributed by atoms with Crippen LogP contribution in [0.3, 0.4) is 0 Å². The van der Waals surface area contributed by atoms with Gasteiger partial charge in [-0.1, -0.05) is 31.5 Å². The number of fused-ring (bicyclic) bond motifs is 3. The van der Waals surface area contributed by atoms with Crippen LogP contribution in [-0.2, 0) is 20.9 Å². The number of hydrogen-bond acceptors (Lipinski definition) is 4. The number of unbranched alkanes of at least 4 members (excludes halogenated alkanes) is 1. The molecular formula is C26H35N3O3S. The molecule has 178 valence electrons. The van der Waals surface area contributed by atoms with Crippen molar-refractivity contribution in [3.05, 3.63) is 42.5 Å². The number of carbonyl (C=O) groups is 2. The van der Waals surface area contributed by atoms with Gasteiger partial charge >= 0.3 is 0 Å². The number of para-hydroxylation sites is 1. The first-order chi connectivity index (χ1) is 16.0. The molecule has 0 bridgehead atoms. The number of nitrogens with one attached hydrogen (secondary N) is 2. The van der Waals surface area contributed by atoms with Gasteiger partial charge in [-0.25, -0.2) is 0 Å². The molecule has 0 radical (unpaired) electrons. The zero-order valence-electron chi connectivity index (χ0n) is 19.9. The Kier molecular flexibility index (Phi) is 9.63. The highest BCUT2D eigenvalue weighted by Crippen LogP contribution is 2.32. The third kappa shape index (κ3) is 6.74. The number of carbonyl (C=O) groups excluding carboxylic acids is 2. The van der Waals surface area contributed by atoms with Gasteiger partial charge in [0, 0.05) is 65.7 Å². The Bertz CT molecular complexity index is 1080. The fourth-order valence-electron chi connectivity index (χ4n) is 3.93. The molecule has 0 spiro atoms. The summed E-state index contributed by atoms with van der Waals surface area (Å²) in [7, 11) is 0. The summed E-state index contributed by atoms with van der Waals surface area (Å²) in [5.41, 5.74) is 2.44. The number of aryl methyl sites for hydroxylation is 1. The molecule has 2 amide bonds. The molecular weight excluding hydrogens is 434 g/mol. The van der Waals surface area contributed by atoms with Gasteiger partial charge in [0.2, 0.25) is 11.8 Å². The first kappa shape index (κ1) is 25.1. The standard InChI is InChI=1S/C26H35N3O3S/c1-4-6-15-32-16-9-14-27-26(31)23(28-19(3)30)18-33-20-12-13-25-22(17-20)21-10-7-8-11-24(21)29(25)5-2/h7-8,10-13,17,23H,4-6,9,14-16,18H2,1-3H3,(H,27,31)(H,28,30). The van der Waals surface area contributed by atoms with Gasteiger partial charge < -0.3 is 19.9 Å². The van der Waals surface area contributed by atoms with Crippen LogP contribution in [0.5, 0.6) is 0 Å². The van der Waals surface area contributed by atoms with Crippen molar-refractivity contribution in [1.82, 2.24) is 15.2 Å². The van der Waals surface area contributed by atoms with E-state index in [0.29, 0.717) is 18.9 Å². The van der Waals surface area contributed by atoms with Crippen molar-refractivity contribution in [1.29, 1.82) is 0 Å². The van der Waals surface area contributed by atoms with Crippen LogP contribution in [0.4, 0.5) is 0 Å². The summed E-state index contributed by atoms with van der Waals surface area (Å²) in [6.45, 7) is 8.56. The first-order valence-corrected chi connectivity index (χ1v) is 12.8. The second-order valence-electron chi connectivity index (χ2n) is 8.11. The molecule has 6 nitrogen and oxygen atoms in total. The Labute approximate surface area is 200 Å². The number of aromatic nitrogens is 1. The monoisotopic (exact) mass is 469 g/mol. The molecule has 0 aliphatic carbocycles. The van der Waals surface area contributed by atoms with Gasteiger partial charge in [-0.15, -0.1) is 11.8 Å². The lowest BCUT2D eigenvalue weighted by Crippen LogP contribution is -2.47. The van der Waals surface area contributed by atoms with Crippen LogP contribution in [0, 0.1) is 0 Å². The average Bonchev–Trinajstić information content (AvgIpc) is 3.13. The fourth-order valence-corrected chi connectivity index (χ4v) is 4.89. The highest BCUT2D eigenvalue weighted by Gasteiger charge is 2.20. The molecule has 1 atom stereocenters. The van der Waals surface area contributed by atoms with Crippen molar-refractivity contribution < 1.29 is 14.3 Å². The molecule has 1 heterocycles. The molecule has 33 heavy (non-hydrogen) atoms. The number of hydrogen-bond donors (Lipinski definition) is 2. The summed E-state index contributed by atoms with van der Waals surface area (Å²) in [5, 5.41) is 8.16. The minimum Gasteiger partial charge on any atom is -0.381 e. The van der Waals surface area contributed by atoms with E-state index >= 15 is 0 Å². The quantitative estimate of drug-likeness (QED) is 0.280. The Morgan fingerprint density at radius 1 is 1.03 bits per heavy atom. The number of nitrogens with zero attached hydrogens (tertiary/aromatic N) is 1. The highest BCUT2D eigenvalue weighted by molar-refractivity contribution is 7.99. The van der Waals surface area contributed by atoms with E-state index in [1.807, 2.05) is 0 Å². The van der Waals surface area contributed by atoms with Crippen molar-refractivity contribution in [3.8, 4) is 0 Å². The maximum atomic E-state index is 12.7. The number of benzene rings is 2. The van der Waals surface area contributed by atoms with Crippen molar-refractivity contribution in [2.24, 2.45) is 0 Å². The Morgan fingerprint density at radius 3 is 2.55 bits per heavy atom. The molecule has 1 unspecified atom stereocenters. The Morgan fingerprint density at radius 2 is 1.79 bits per heavy atom. The Hall–Kier alpha value is -2.51. The van der Waals surface area contributed by atoms with Gasteiger partial charge in [0.05, 0.1) is 0 Å². The Balaban J connectivity index is 1.62. The zero-order valence-corrected chi connectivity index (χ0v) is 20.7. The van der Waals surface area contributed by atoms with E-state index in [9.17, 15) is 9.59 Å². The van der Waals surface area contributed by atoms with E-state index in [4.69, 9.17) is 4.74 Å². The van der Waals surface area contributed by atoms with Crippen LogP contribution in [0.1, 0.15) is 40.0 Å². The topological polar surface area (TPSA) is 72.4 Å². The zero-order chi connectivity index (χ0) is 23.6. The second-order valence-corrected chi connectivity index (χ2v) is 9.21. The molecule has 3 rings (SSSR count). The van der Waals surface area contributed by atoms with E-state index in [-0.39, 0.29) is 11.8 Å². The van der Waals surface area contributed by atoms with Crippen LogP contribution in [0.15, 0.2) is 47.4 Å². The lowest BCUT2D eigenvalue weighted by atomic mass is 10.1. The molecule has 0 saturated carbocycles. The molecule has 3 aromatic rings. The predicted octanol–water partition coefficient (Wildman–Crippen LogP) is 4.73. The largest absolute Gasteiger partial charge is 0.381 e. The van der Waals surface area contributed by atoms with Gasteiger partial charge in [-0.2, -0.15) is 0 Å². The molecule has 2 aromatic carbocycles. The molecule has 2 N–H and O–H groups in total. The van der Waals surface area contributed by atoms with E-state index < -0.39 is 6.04 Å². The molecule has 7 heteroatoms. The SMILES string of the molecule is CCCCOCCCNC(=O)C(CSc1ccc2c(c1)c1ccccc1n2CC)NC(C)=O. The van der Waals surface area contributed by atoms with E-state index in [1.165, 1.54) is 28.7 Å². The van der Waals surface area contributed by atoms with E-state index in [2.05, 4.69) is 71.5 Å². The van der Waals surface area contributed by atoms with Gasteiger partial charge in [-0.3, -0.25) is 9.59 Å². The lowest BCUT2D eigenvalue weighted by Gasteiger charge is -2.17. The molecule has 0 fully saturated rings. The summed E-state index contributed by atoms with van der Waals surface area (Å²) >= 11 is 1.58. The van der Waals surface area contributed by atoms with Crippen molar-refractivity contribution in [3.63, 3.8) is 0 Å². The van der Waals surface area contributed by atoms with Crippen molar-refractivity contribution >= 4 is 45.4 Å².